The number of Topliss-reactive ketones (excluding diaryl/α,β-unsaturated/α-hetero) is 1. The molecule has 3 aromatic carbocycles. The summed E-state index contributed by atoms with van der Waals surface area (Å²) in [5, 5.41) is 14.4. The van der Waals surface area contributed by atoms with Crippen molar-refractivity contribution < 1.29 is 19.4 Å². The third-order valence-electron chi connectivity index (χ3n) is 6.26. The van der Waals surface area contributed by atoms with Crippen LogP contribution in [0.15, 0.2) is 54.6 Å². The first-order valence-corrected chi connectivity index (χ1v) is 11.7. The summed E-state index contributed by atoms with van der Waals surface area (Å²) in [6.07, 6.45) is 5.48. The molecule has 1 fully saturated rings. The number of ketones is 1. The van der Waals surface area contributed by atoms with Gasteiger partial charge in [-0.2, -0.15) is 0 Å². The van der Waals surface area contributed by atoms with Crippen LogP contribution in [0.3, 0.4) is 0 Å². The summed E-state index contributed by atoms with van der Waals surface area (Å²) in [5.41, 5.74) is 3.85. The fourth-order valence-corrected chi connectivity index (χ4v) is 4.06. The molecule has 0 unspecified atom stereocenters. The summed E-state index contributed by atoms with van der Waals surface area (Å²) in [7, 11) is 1.66. The van der Waals surface area contributed by atoms with Crippen LogP contribution in [0.2, 0.25) is 0 Å². The van der Waals surface area contributed by atoms with Gasteiger partial charge in [0.05, 0.1) is 7.11 Å². The van der Waals surface area contributed by atoms with Gasteiger partial charge >= 0.3 is 5.97 Å². The minimum absolute atomic E-state index is 0.0939. The van der Waals surface area contributed by atoms with Gasteiger partial charge in [0.2, 0.25) is 0 Å². The van der Waals surface area contributed by atoms with Crippen LogP contribution in [0.4, 0.5) is 5.69 Å². The van der Waals surface area contributed by atoms with Gasteiger partial charge in [0.1, 0.15) is 5.75 Å². The van der Waals surface area contributed by atoms with Crippen molar-refractivity contribution in [1.82, 2.24) is 0 Å². The van der Waals surface area contributed by atoms with Crippen LogP contribution >= 0.6 is 0 Å². The summed E-state index contributed by atoms with van der Waals surface area (Å²) >= 11 is 0. The Balaban J connectivity index is 1.46. The Morgan fingerprint density at radius 2 is 1.76 bits per heavy atom. The van der Waals surface area contributed by atoms with Gasteiger partial charge in [-0.05, 0) is 78.8 Å². The zero-order chi connectivity index (χ0) is 23.2. The molecule has 0 spiro atoms. The lowest BCUT2D eigenvalue weighted by atomic mass is 9.97. The fourth-order valence-electron chi connectivity index (χ4n) is 4.06. The second-order valence-corrected chi connectivity index (χ2v) is 8.95. The van der Waals surface area contributed by atoms with Crippen molar-refractivity contribution >= 4 is 28.2 Å². The molecule has 3 aromatic rings. The first-order valence-electron chi connectivity index (χ1n) is 11.7. The second kappa shape index (κ2) is 10.5. The molecule has 0 amide bonds. The highest BCUT2D eigenvalue weighted by Crippen LogP contribution is 2.33. The van der Waals surface area contributed by atoms with Gasteiger partial charge in [0, 0.05) is 36.0 Å². The molecule has 0 heterocycles. The Morgan fingerprint density at radius 3 is 2.45 bits per heavy atom. The minimum atomic E-state index is -0.748. The smallest absolute Gasteiger partial charge is 0.303 e. The van der Waals surface area contributed by atoms with E-state index in [4.69, 9.17) is 9.84 Å². The Labute approximate surface area is 194 Å². The number of fused-ring (bicyclic) bond motifs is 1. The molecule has 5 heteroatoms. The monoisotopic (exact) mass is 445 g/mol. The second-order valence-electron chi connectivity index (χ2n) is 8.95. The van der Waals surface area contributed by atoms with E-state index in [1.807, 2.05) is 54.6 Å². The van der Waals surface area contributed by atoms with Crippen LogP contribution in [-0.4, -0.2) is 30.5 Å². The normalized spacial score (nSPS) is 13.1. The Hall–Kier alpha value is -3.34. The zero-order valence-corrected chi connectivity index (χ0v) is 19.1. The number of carboxylic acid groups (broad SMARTS) is 1. The summed E-state index contributed by atoms with van der Waals surface area (Å²) in [4.78, 5) is 23.8. The molecular weight excluding hydrogens is 414 g/mol. The van der Waals surface area contributed by atoms with Gasteiger partial charge in [0.15, 0.2) is 5.78 Å². The fraction of sp³-hybridized carbons (Fsp3) is 0.357. The summed E-state index contributed by atoms with van der Waals surface area (Å²) in [6.45, 7) is 0.928. The number of carbonyl (C=O) groups excluding carboxylic acids is 1. The number of unbranched alkanes of at least 4 members (excludes halogenated alkanes) is 1. The van der Waals surface area contributed by atoms with Crippen LogP contribution in [0.1, 0.15) is 53.6 Å². The number of aliphatic carboxylic acids is 1. The van der Waals surface area contributed by atoms with Gasteiger partial charge in [-0.25, -0.2) is 0 Å². The van der Waals surface area contributed by atoms with Crippen molar-refractivity contribution in [3.63, 3.8) is 0 Å². The standard InChI is InChI=1S/C28H31NO4/c1-33-24-13-12-22-15-23(16-26(25(22)17-24)29-18-21-10-11-21)27(30)14-20-8-6-19(7-9-20)4-2-3-5-28(31)32/h6-9,12-13,15-17,21,29H,2-5,10-11,14,18H2,1H3,(H,31,32). The molecule has 0 bridgehead atoms. The summed E-state index contributed by atoms with van der Waals surface area (Å²) in [5.74, 6) is 0.880. The van der Waals surface area contributed by atoms with Gasteiger partial charge in [0.25, 0.3) is 0 Å². The summed E-state index contributed by atoms with van der Waals surface area (Å²) < 4.78 is 5.40. The van der Waals surface area contributed by atoms with E-state index < -0.39 is 5.97 Å². The van der Waals surface area contributed by atoms with E-state index in [0.717, 1.165) is 53.1 Å². The first kappa shape index (κ1) is 22.8. The lowest BCUT2D eigenvalue weighted by molar-refractivity contribution is -0.137. The molecule has 0 aliphatic heterocycles. The third-order valence-corrected chi connectivity index (χ3v) is 6.26. The highest BCUT2D eigenvalue weighted by molar-refractivity contribution is 6.05. The lowest BCUT2D eigenvalue weighted by Gasteiger charge is -2.13. The number of ether oxygens (including phenoxy) is 1. The van der Waals surface area contributed by atoms with Crippen LogP contribution in [0.25, 0.3) is 10.8 Å². The average molecular weight is 446 g/mol. The molecule has 2 N–H and O–H groups in total. The average Bonchev–Trinajstić information content (AvgIpc) is 3.65. The highest BCUT2D eigenvalue weighted by Gasteiger charge is 2.21. The van der Waals surface area contributed by atoms with E-state index in [1.165, 1.54) is 18.4 Å². The maximum Gasteiger partial charge on any atom is 0.303 e. The van der Waals surface area contributed by atoms with Crippen LogP contribution in [0.5, 0.6) is 5.75 Å². The topological polar surface area (TPSA) is 75.6 Å². The number of hydrogen-bond acceptors (Lipinski definition) is 4. The van der Waals surface area contributed by atoms with E-state index in [1.54, 1.807) is 7.11 Å². The maximum absolute atomic E-state index is 13.1. The number of methoxy groups -OCH3 is 1. The van der Waals surface area contributed by atoms with Crippen LogP contribution in [0, 0.1) is 5.92 Å². The largest absolute Gasteiger partial charge is 0.497 e. The number of hydrogen-bond donors (Lipinski definition) is 2. The predicted octanol–water partition coefficient (Wildman–Crippen LogP) is 5.89. The predicted molar refractivity (Wildman–Crippen MR) is 131 cm³/mol. The molecule has 0 saturated heterocycles. The molecule has 172 valence electrons. The number of carbonyl (C=O) groups is 2. The molecule has 0 radical (unpaired) electrons. The van der Waals surface area contributed by atoms with Gasteiger partial charge in [-0.1, -0.05) is 30.3 Å². The van der Waals surface area contributed by atoms with Crippen molar-refractivity contribution in [2.24, 2.45) is 5.92 Å². The van der Waals surface area contributed by atoms with Crippen molar-refractivity contribution in [3.05, 3.63) is 71.3 Å². The molecule has 5 nitrogen and oxygen atoms in total. The number of aryl methyl sites for hydroxylation is 1. The van der Waals surface area contributed by atoms with Crippen LogP contribution in [-0.2, 0) is 17.6 Å². The molecule has 1 aliphatic carbocycles. The lowest BCUT2D eigenvalue weighted by Crippen LogP contribution is -2.08. The molecule has 1 saturated carbocycles. The molecule has 0 atom stereocenters. The maximum atomic E-state index is 13.1. The zero-order valence-electron chi connectivity index (χ0n) is 19.1. The highest BCUT2D eigenvalue weighted by atomic mass is 16.5. The van der Waals surface area contributed by atoms with E-state index in [0.29, 0.717) is 18.4 Å². The number of carboxylic acids is 1. The molecule has 4 rings (SSSR count). The van der Waals surface area contributed by atoms with Crippen molar-refractivity contribution in [2.75, 3.05) is 19.0 Å². The molecular formula is C28H31NO4. The number of benzene rings is 3. The van der Waals surface area contributed by atoms with Gasteiger partial charge in [-0.3, -0.25) is 9.59 Å². The minimum Gasteiger partial charge on any atom is -0.497 e. The van der Waals surface area contributed by atoms with E-state index in [9.17, 15) is 9.59 Å². The number of rotatable bonds is 12. The number of nitrogens with one attached hydrogen (secondary N) is 1. The van der Waals surface area contributed by atoms with Gasteiger partial charge in [-0.15, -0.1) is 0 Å². The van der Waals surface area contributed by atoms with Crippen molar-refractivity contribution in [3.8, 4) is 5.75 Å². The summed E-state index contributed by atoms with van der Waals surface area (Å²) in [6, 6.07) is 18.0. The van der Waals surface area contributed by atoms with Crippen molar-refractivity contribution in [2.45, 2.75) is 44.9 Å². The van der Waals surface area contributed by atoms with E-state index >= 15 is 0 Å². The SMILES string of the molecule is COc1ccc2cc(C(=O)Cc3ccc(CCCCC(=O)O)cc3)cc(NCC3CC3)c2c1. The molecule has 33 heavy (non-hydrogen) atoms. The number of anilines is 1. The third kappa shape index (κ3) is 6.35. The Bertz CT molecular complexity index is 1130. The van der Waals surface area contributed by atoms with Crippen LogP contribution < -0.4 is 10.1 Å². The van der Waals surface area contributed by atoms with E-state index in [2.05, 4.69) is 5.32 Å². The first-order chi connectivity index (χ1) is 16.0. The van der Waals surface area contributed by atoms with E-state index in [-0.39, 0.29) is 12.2 Å². The Kier molecular flexibility index (Phi) is 7.28. The van der Waals surface area contributed by atoms with Crippen molar-refractivity contribution in [1.29, 1.82) is 0 Å². The Morgan fingerprint density at radius 1 is 1.00 bits per heavy atom. The molecule has 0 aromatic heterocycles. The molecule has 1 aliphatic rings. The van der Waals surface area contributed by atoms with Gasteiger partial charge < -0.3 is 15.2 Å². The quantitative estimate of drug-likeness (QED) is 0.268.